The SMILES string of the molecule is Cn1cc(/C=C/C(=O)Nc2nn(Cc3ccc(Cl)cc3)cc2Br)cn1. The van der Waals surface area contributed by atoms with Crippen LogP contribution in [-0.4, -0.2) is 25.5 Å². The van der Waals surface area contributed by atoms with Gasteiger partial charge in [-0.05, 0) is 39.7 Å². The summed E-state index contributed by atoms with van der Waals surface area (Å²) in [5, 5.41) is 11.9. The zero-order valence-electron chi connectivity index (χ0n) is 13.4. The van der Waals surface area contributed by atoms with Gasteiger partial charge in [-0.25, -0.2) is 0 Å². The molecule has 0 saturated carbocycles. The number of amides is 1. The molecule has 0 radical (unpaired) electrons. The highest BCUT2D eigenvalue weighted by Crippen LogP contribution is 2.21. The Balaban J connectivity index is 1.64. The summed E-state index contributed by atoms with van der Waals surface area (Å²) in [6, 6.07) is 7.54. The van der Waals surface area contributed by atoms with Crippen molar-refractivity contribution in [1.82, 2.24) is 19.6 Å². The number of aryl methyl sites for hydroxylation is 1. The molecule has 3 aromatic rings. The number of aromatic nitrogens is 4. The Hall–Kier alpha value is -2.38. The van der Waals surface area contributed by atoms with E-state index >= 15 is 0 Å². The van der Waals surface area contributed by atoms with Crippen molar-refractivity contribution in [3.8, 4) is 0 Å². The lowest BCUT2D eigenvalue weighted by Crippen LogP contribution is -2.09. The number of hydrogen-bond acceptors (Lipinski definition) is 3. The van der Waals surface area contributed by atoms with Crippen molar-refractivity contribution in [1.29, 1.82) is 0 Å². The van der Waals surface area contributed by atoms with Gasteiger partial charge in [-0.1, -0.05) is 23.7 Å². The van der Waals surface area contributed by atoms with E-state index < -0.39 is 0 Å². The van der Waals surface area contributed by atoms with Crippen LogP contribution < -0.4 is 5.32 Å². The summed E-state index contributed by atoms with van der Waals surface area (Å²) in [6.45, 7) is 0.581. The molecule has 0 aliphatic carbocycles. The molecule has 25 heavy (non-hydrogen) atoms. The summed E-state index contributed by atoms with van der Waals surface area (Å²) in [5.74, 6) is 0.205. The van der Waals surface area contributed by atoms with E-state index in [1.165, 1.54) is 6.08 Å². The van der Waals surface area contributed by atoms with Crippen LogP contribution in [0.2, 0.25) is 5.02 Å². The second-order valence-corrected chi connectivity index (χ2v) is 6.71. The van der Waals surface area contributed by atoms with Crippen LogP contribution >= 0.6 is 27.5 Å². The number of nitrogens with zero attached hydrogens (tertiary/aromatic N) is 4. The molecule has 0 aliphatic heterocycles. The third kappa shape index (κ3) is 4.80. The number of halogens is 2. The van der Waals surface area contributed by atoms with Gasteiger partial charge in [0.05, 0.1) is 17.2 Å². The van der Waals surface area contributed by atoms with Crippen LogP contribution in [0.3, 0.4) is 0 Å². The topological polar surface area (TPSA) is 64.7 Å². The lowest BCUT2D eigenvalue weighted by atomic mass is 10.2. The summed E-state index contributed by atoms with van der Waals surface area (Å²) in [5.41, 5.74) is 1.92. The van der Waals surface area contributed by atoms with Crippen molar-refractivity contribution >= 4 is 45.3 Å². The Kier molecular flexibility index (Phi) is 5.35. The molecule has 0 saturated heterocycles. The number of rotatable bonds is 5. The Morgan fingerprint density at radius 2 is 2.08 bits per heavy atom. The molecule has 1 aromatic carbocycles. The number of carbonyl (C=O) groups is 1. The molecule has 2 heterocycles. The molecule has 0 spiro atoms. The highest BCUT2D eigenvalue weighted by atomic mass is 79.9. The minimum absolute atomic E-state index is 0.263. The van der Waals surface area contributed by atoms with E-state index in [1.807, 2.05) is 43.7 Å². The largest absolute Gasteiger partial charge is 0.305 e. The Morgan fingerprint density at radius 3 is 2.76 bits per heavy atom. The fraction of sp³-hybridized carbons (Fsp3) is 0.118. The molecule has 1 amide bonds. The Labute approximate surface area is 158 Å². The van der Waals surface area contributed by atoms with Gasteiger partial charge in [0.25, 0.3) is 0 Å². The first kappa shape index (κ1) is 17.4. The first-order chi connectivity index (χ1) is 12.0. The van der Waals surface area contributed by atoms with Crippen molar-refractivity contribution in [3.63, 3.8) is 0 Å². The highest BCUT2D eigenvalue weighted by Gasteiger charge is 2.09. The van der Waals surface area contributed by atoms with Crippen LogP contribution in [0.15, 0.2) is 53.4 Å². The van der Waals surface area contributed by atoms with E-state index in [0.717, 1.165) is 11.1 Å². The molecule has 3 rings (SSSR count). The average Bonchev–Trinajstić information content (AvgIpc) is 3.14. The van der Waals surface area contributed by atoms with E-state index in [-0.39, 0.29) is 5.91 Å². The molecule has 128 valence electrons. The van der Waals surface area contributed by atoms with E-state index in [1.54, 1.807) is 21.6 Å². The van der Waals surface area contributed by atoms with Gasteiger partial charge in [0.2, 0.25) is 5.91 Å². The molecule has 0 bridgehead atoms. The number of carbonyl (C=O) groups excluding carboxylic acids is 1. The van der Waals surface area contributed by atoms with Crippen molar-refractivity contribution in [3.05, 3.63) is 69.6 Å². The first-order valence-electron chi connectivity index (χ1n) is 7.45. The lowest BCUT2D eigenvalue weighted by Gasteiger charge is -2.02. The van der Waals surface area contributed by atoms with E-state index in [9.17, 15) is 4.79 Å². The molecular weight excluding hydrogens is 406 g/mol. The fourth-order valence-electron chi connectivity index (χ4n) is 2.20. The Morgan fingerprint density at radius 1 is 1.32 bits per heavy atom. The van der Waals surface area contributed by atoms with E-state index in [0.29, 0.717) is 21.9 Å². The van der Waals surface area contributed by atoms with Crippen LogP contribution in [0.25, 0.3) is 6.08 Å². The molecule has 0 aliphatic rings. The lowest BCUT2D eigenvalue weighted by molar-refractivity contribution is -0.111. The van der Waals surface area contributed by atoms with Gasteiger partial charge in [-0.3, -0.25) is 14.2 Å². The van der Waals surface area contributed by atoms with Crippen molar-refractivity contribution in [2.45, 2.75) is 6.54 Å². The quantitative estimate of drug-likeness (QED) is 0.640. The second kappa shape index (κ2) is 7.67. The fourth-order valence-corrected chi connectivity index (χ4v) is 2.74. The summed E-state index contributed by atoms with van der Waals surface area (Å²) >= 11 is 9.30. The smallest absolute Gasteiger partial charge is 0.249 e. The van der Waals surface area contributed by atoms with Gasteiger partial charge in [0.1, 0.15) is 0 Å². The zero-order chi connectivity index (χ0) is 17.8. The van der Waals surface area contributed by atoms with E-state index in [2.05, 4.69) is 31.4 Å². The molecule has 6 nitrogen and oxygen atoms in total. The van der Waals surface area contributed by atoms with Crippen LogP contribution in [-0.2, 0) is 18.4 Å². The van der Waals surface area contributed by atoms with Crippen LogP contribution in [0.4, 0.5) is 5.82 Å². The maximum atomic E-state index is 12.0. The van der Waals surface area contributed by atoms with Crippen LogP contribution in [0, 0.1) is 0 Å². The molecule has 0 atom stereocenters. The van der Waals surface area contributed by atoms with Gasteiger partial charge in [-0.2, -0.15) is 10.2 Å². The first-order valence-corrected chi connectivity index (χ1v) is 8.62. The minimum atomic E-state index is -0.263. The second-order valence-electron chi connectivity index (χ2n) is 5.42. The third-order valence-electron chi connectivity index (χ3n) is 3.37. The standard InChI is InChI=1S/C17H15BrClN5O/c1-23-9-13(8-20-23)4-7-16(25)21-17-15(18)11-24(22-17)10-12-2-5-14(19)6-3-12/h2-9,11H,10H2,1H3,(H,21,22,25)/b7-4+. The Bertz CT molecular complexity index is 914. The monoisotopic (exact) mass is 419 g/mol. The summed E-state index contributed by atoms with van der Waals surface area (Å²) in [6.07, 6.45) is 8.46. The van der Waals surface area contributed by atoms with E-state index in [4.69, 9.17) is 11.6 Å². The molecule has 8 heteroatoms. The predicted octanol–water partition coefficient (Wildman–Crippen LogP) is 3.73. The normalized spacial score (nSPS) is 11.2. The van der Waals surface area contributed by atoms with Gasteiger partial charge in [0, 0.05) is 36.1 Å². The molecule has 0 fully saturated rings. The molecule has 0 unspecified atom stereocenters. The average molecular weight is 421 g/mol. The highest BCUT2D eigenvalue weighted by molar-refractivity contribution is 9.10. The van der Waals surface area contributed by atoms with Crippen LogP contribution in [0.5, 0.6) is 0 Å². The number of benzene rings is 1. The van der Waals surface area contributed by atoms with Crippen molar-refractivity contribution in [2.75, 3.05) is 5.32 Å². The summed E-state index contributed by atoms with van der Waals surface area (Å²) in [4.78, 5) is 12.0. The summed E-state index contributed by atoms with van der Waals surface area (Å²) in [7, 11) is 1.82. The van der Waals surface area contributed by atoms with Crippen LogP contribution in [0.1, 0.15) is 11.1 Å². The summed E-state index contributed by atoms with van der Waals surface area (Å²) < 4.78 is 4.13. The zero-order valence-corrected chi connectivity index (χ0v) is 15.7. The number of nitrogens with one attached hydrogen (secondary N) is 1. The third-order valence-corrected chi connectivity index (χ3v) is 4.20. The maximum Gasteiger partial charge on any atom is 0.249 e. The van der Waals surface area contributed by atoms with Gasteiger partial charge < -0.3 is 5.32 Å². The van der Waals surface area contributed by atoms with Crippen molar-refractivity contribution < 1.29 is 4.79 Å². The van der Waals surface area contributed by atoms with Crippen molar-refractivity contribution in [2.24, 2.45) is 7.05 Å². The molecule has 1 N–H and O–H groups in total. The predicted molar refractivity (Wildman–Crippen MR) is 101 cm³/mol. The molecular formula is C17H15BrClN5O. The number of hydrogen-bond donors (Lipinski definition) is 1. The van der Waals surface area contributed by atoms with Gasteiger partial charge in [-0.15, -0.1) is 0 Å². The molecule has 2 aromatic heterocycles. The van der Waals surface area contributed by atoms with Gasteiger partial charge >= 0.3 is 0 Å². The minimum Gasteiger partial charge on any atom is -0.305 e. The van der Waals surface area contributed by atoms with Gasteiger partial charge in [0.15, 0.2) is 5.82 Å². The maximum absolute atomic E-state index is 12.0. The number of anilines is 1.